The van der Waals surface area contributed by atoms with Crippen molar-refractivity contribution < 1.29 is 20.1 Å². The summed E-state index contributed by atoms with van der Waals surface area (Å²) in [5, 5.41) is 27.4. The second kappa shape index (κ2) is 8.06. The number of benzene rings is 1. The van der Waals surface area contributed by atoms with Crippen molar-refractivity contribution in [2.45, 2.75) is 31.5 Å². The molecule has 4 heteroatoms. The minimum atomic E-state index is -0.683. The summed E-state index contributed by atoms with van der Waals surface area (Å²) < 4.78 is 5.39. The van der Waals surface area contributed by atoms with E-state index in [1.54, 1.807) is 0 Å². The summed E-state index contributed by atoms with van der Waals surface area (Å²) in [7, 11) is 0. The summed E-state index contributed by atoms with van der Waals surface area (Å²) >= 11 is 0. The third-order valence-electron chi connectivity index (χ3n) is 2.47. The first-order chi connectivity index (χ1) is 8.22. The monoisotopic (exact) mass is 240 g/mol. The second-order valence-electron chi connectivity index (χ2n) is 4.05. The van der Waals surface area contributed by atoms with E-state index >= 15 is 0 Å². The Kier molecular flexibility index (Phi) is 6.62. The SMILES string of the molecule is OCC(O)CCCC(O)COc1ccccc1. The lowest BCUT2D eigenvalue weighted by atomic mass is 10.1. The van der Waals surface area contributed by atoms with Crippen LogP contribution in [0.2, 0.25) is 0 Å². The van der Waals surface area contributed by atoms with Crippen LogP contribution in [0.3, 0.4) is 0 Å². The van der Waals surface area contributed by atoms with Crippen molar-refractivity contribution in [2.75, 3.05) is 13.2 Å². The van der Waals surface area contributed by atoms with Crippen LogP contribution in [0.25, 0.3) is 0 Å². The van der Waals surface area contributed by atoms with Crippen LogP contribution in [0, 0.1) is 0 Å². The number of hydrogen-bond acceptors (Lipinski definition) is 4. The van der Waals surface area contributed by atoms with E-state index in [4.69, 9.17) is 14.9 Å². The molecule has 0 heterocycles. The molecule has 4 nitrogen and oxygen atoms in total. The van der Waals surface area contributed by atoms with Crippen LogP contribution in [0.1, 0.15) is 19.3 Å². The number of rotatable bonds is 8. The van der Waals surface area contributed by atoms with E-state index < -0.39 is 12.2 Å². The Morgan fingerprint density at radius 2 is 1.65 bits per heavy atom. The number of ether oxygens (including phenoxy) is 1. The molecule has 0 aromatic heterocycles. The highest BCUT2D eigenvalue weighted by Crippen LogP contribution is 2.10. The number of aliphatic hydroxyl groups is 3. The van der Waals surface area contributed by atoms with Gasteiger partial charge >= 0.3 is 0 Å². The number of hydrogen-bond donors (Lipinski definition) is 3. The minimum Gasteiger partial charge on any atom is -0.491 e. The molecule has 1 aromatic carbocycles. The lowest BCUT2D eigenvalue weighted by molar-refractivity contribution is 0.0703. The molecule has 96 valence electrons. The molecule has 0 aliphatic rings. The van der Waals surface area contributed by atoms with Gasteiger partial charge in [0.2, 0.25) is 0 Å². The second-order valence-corrected chi connectivity index (χ2v) is 4.05. The maximum atomic E-state index is 9.63. The van der Waals surface area contributed by atoms with Gasteiger partial charge in [0.1, 0.15) is 12.4 Å². The van der Waals surface area contributed by atoms with Gasteiger partial charge in [0.05, 0.1) is 18.8 Å². The Morgan fingerprint density at radius 3 is 2.29 bits per heavy atom. The molecule has 3 N–H and O–H groups in total. The summed E-state index contributed by atoms with van der Waals surface area (Å²) in [6.07, 6.45) is 0.502. The lowest BCUT2D eigenvalue weighted by Crippen LogP contribution is -2.19. The summed E-state index contributed by atoms with van der Waals surface area (Å²) in [4.78, 5) is 0. The Labute approximate surface area is 101 Å². The zero-order valence-electron chi connectivity index (χ0n) is 9.83. The number of para-hydroxylation sites is 1. The molecule has 1 rings (SSSR count). The Hall–Kier alpha value is -1.10. The van der Waals surface area contributed by atoms with Crippen molar-refractivity contribution in [2.24, 2.45) is 0 Å². The summed E-state index contributed by atoms with van der Waals surface area (Å²) in [5.41, 5.74) is 0. The Balaban J connectivity index is 2.11. The van der Waals surface area contributed by atoms with Crippen LogP contribution >= 0.6 is 0 Å². The predicted octanol–water partition coefficient (Wildman–Crippen LogP) is 0.950. The van der Waals surface area contributed by atoms with E-state index in [0.717, 1.165) is 5.75 Å². The summed E-state index contributed by atoms with van der Waals surface area (Å²) in [5.74, 6) is 0.738. The quantitative estimate of drug-likeness (QED) is 0.632. The van der Waals surface area contributed by atoms with Crippen LogP contribution in [-0.2, 0) is 0 Å². The molecule has 2 atom stereocenters. The van der Waals surface area contributed by atoms with Crippen molar-refractivity contribution in [3.63, 3.8) is 0 Å². The van der Waals surface area contributed by atoms with E-state index in [2.05, 4.69) is 0 Å². The van der Waals surface area contributed by atoms with Gasteiger partial charge < -0.3 is 20.1 Å². The fourth-order valence-corrected chi connectivity index (χ4v) is 1.47. The van der Waals surface area contributed by atoms with E-state index in [1.165, 1.54) is 0 Å². The van der Waals surface area contributed by atoms with E-state index in [9.17, 15) is 5.11 Å². The van der Waals surface area contributed by atoms with E-state index in [1.807, 2.05) is 30.3 Å². The highest BCUT2D eigenvalue weighted by molar-refractivity contribution is 5.20. The molecule has 0 bridgehead atoms. The van der Waals surface area contributed by atoms with Gasteiger partial charge in [-0.15, -0.1) is 0 Å². The first kappa shape index (κ1) is 14.0. The Bertz CT molecular complexity index is 289. The fourth-order valence-electron chi connectivity index (χ4n) is 1.47. The fraction of sp³-hybridized carbons (Fsp3) is 0.538. The van der Waals surface area contributed by atoms with Gasteiger partial charge in [-0.05, 0) is 31.4 Å². The van der Waals surface area contributed by atoms with Gasteiger partial charge in [-0.3, -0.25) is 0 Å². The zero-order valence-corrected chi connectivity index (χ0v) is 9.83. The van der Waals surface area contributed by atoms with Crippen molar-refractivity contribution in [1.82, 2.24) is 0 Å². The van der Waals surface area contributed by atoms with Gasteiger partial charge in [-0.25, -0.2) is 0 Å². The topological polar surface area (TPSA) is 69.9 Å². The maximum absolute atomic E-state index is 9.63. The lowest BCUT2D eigenvalue weighted by Gasteiger charge is -2.13. The molecule has 0 aliphatic carbocycles. The Morgan fingerprint density at radius 1 is 1.00 bits per heavy atom. The average molecular weight is 240 g/mol. The summed E-state index contributed by atoms with van der Waals surface area (Å²) in [6, 6.07) is 9.32. The molecule has 0 saturated carbocycles. The molecule has 2 unspecified atom stereocenters. The van der Waals surface area contributed by atoms with Gasteiger partial charge in [0.25, 0.3) is 0 Å². The zero-order chi connectivity index (χ0) is 12.5. The van der Waals surface area contributed by atoms with Crippen molar-refractivity contribution >= 4 is 0 Å². The van der Waals surface area contributed by atoms with Gasteiger partial charge in [0.15, 0.2) is 0 Å². The molecule has 0 radical (unpaired) electrons. The molecule has 1 aromatic rings. The average Bonchev–Trinajstić information content (AvgIpc) is 2.37. The van der Waals surface area contributed by atoms with Gasteiger partial charge in [-0.1, -0.05) is 18.2 Å². The van der Waals surface area contributed by atoms with Gasteiger partial charge in [0, 0.05) is 0 Å². The predicted molar refractivity (Wildman–Crippen MR) is 64.9 cm³/mol. The summed E-state index contributed by atoms with van der Waals surface area (Å²) in [6.45, 7) is 0.0237. The standard InChI is InChI=1S/C13H20O4/c14-9-11(15)5-4-6-12(16)10-17-13-7-2-1-3-8-13/h1-3,7-8,11-12,14-16H,4-6,9-10H2. The molecular weight excluding hydrogens is 220 g/mol. The molecule has 17 heavy (non-hydrogen) atoms. The molecule has 0 amide bonds. The van der Waals surface area contributed by atoms with Crippen LogP contribution in [0.5, 0.6) is 5.75 Å². The first-order valence-corrected chi connectivity index (χ1v) is 5.87. The normalized spacial score (nSPS) is 14.3. The third kappa shape index (κ3) is 6.26. The largest absolute Gasteiger partial charge is 0.491 e. The molecule has 0 fully saturated rings. The van der Waals surface area contributed by atoms with Crippen LogP contribution < -0.4 is 4.74 Å². The maximum Gasteiger partial charge on any atom is 0.119 e. The van der Waals surface area contributed by atoms with Crippen LogP contribution in [0.15, 0.2) is 30.3 Å². The van der Waals surface area contributed by atoms with E-state index in [-0.39, 0.29) is 13.2 Å². The van der Waals surface area contributed by atoms with E-state index in [0.29, 0.717) is 19.3 Å². The van der Waals surface area contributed by atoms with Crippen molar-refractivity contribution in [3.8, 4) is 5.75 Å². The molecule has 0 aliphatic heterocycles. The minimum absolute atomic E-state index is 0.226. The molecular formula is C13H20O4. The smallest absolute Gasteiger partial charge is 0.119 e. The van der Waals surface area contributed by atoms with Gasteiger partial charge in [-0.2, -0.15) is 0 Å². The van der Waals surface area contributed by atoms with Crippen molar-refractivity contribution in [3.05, 3.63) is 30.3 Å². The highest BCUT2D eigenvalue weighted by atomic mass is 16.5. The molecule has 0 spiro atoms. The first-order valence-electron chi connectivity index (χ1n) is 5.87. The molecule has 0 saturated heterocycles. The highest BCUT2D eigenvalue weighted by Gasteiger charge is 2.07. The third-order valence-corrected chi connectivity index (χ3v) is 2.47. The van der Waals surface area contributed by atoms with Crippen LogP contribution in [-0.4, -0.2) is 40.7 Å². The number of aliphatic hydroxyl groups excluding tert-OH is 3. The van der Waals surface area contributed by atoms with Crippen LogP contribution in [0.4, 0.5) is 0 Å². The van der Waals surface area contributed by atoms with Crippen molar-refractivity contribution in [1.29, 1.82) is 0 Å².